The Bertz CT molecular complexity index is 327. The lowest BCUT2D eigenvalue weighted by atomic mass is 9.84. The molecule has 1 saturated heterocycles. The van der Waals surface area contributed by atoms with E-state index in [2.05, 4.69) is 5.32 Å². The molecule has 5 nitrogen and oxygen atoms in total. The summed E-state index contributed by atoms with van der Waals surface area (Å²) in [6.45, 7) is 5.37. The van der Waals surface area contributed by atoms with E-state index in [0.717, 1.165) is 6.42 Å². The number of ketones is 1. The van der Waals surface area contributed by atoms with Crippen LogP contribution in [0.4, 0.5) is 0 Å². The van der Waals surface area contributed by atoms with Crippen LogP contribution < -0.4 is 11.1 Å². The second-order valence-corrected chi connectivity index (χ2v) is 4.43. The Hall–Kier alpha value is -1.23. The molecule has 16 heavy (non-hydrogen) atoms. The molecule has 5 heteroatoms. The Morgan fingerprint density at radius 1 is 1.44 bits per heavy atom. The molecular weight excluding hydrogens is 208 g/mol. The minimum absolute atomic E-state index is 0.0169. The first-order valence-electron chi connectivity index (χ1n) is 5.54. The fourth-order valence-corrected chi connectivity index (χ4v) is 1.81. The highest BCUT2D eigenvalue weighted by molar-refractivity contribution is 6.16. The van der Waals surface area contributed by atoms with Gasteiger partial charge in [-0.25, -0.2) is 0 Å². The summed E-state index contributed by atoms with van der Waals surface area (Å²) < 4.78 is 0. The first-order valence-corrected chi connectivity index (χ1v) is 5.54. The second kappa shape index (κ2) is 4.74. The van der Waals surface area contributed by atoms with Crippen LogP contribution in [0.2, 0.25) is 0 Å². The van der Waals surface area contributed by atoms with Crippen molar-refractivity contribution in [3.05, 3.63) is 0 Å². The van der Waals surface area contributed by atoms with Crippen molar-refractivity contribution in [2.75, 3.05) is 0 Å². The summed E-state index contributed by atoms with van der Waals surface area (Å²) in [6, 6.07) is -0.672. The third-order valence-electron chi connectivity index (χ3n) is 3.33. The Kier molecular flexibility index (Phi) is 3.80. The van der Waals surface area contributed by atoms with Gasteiger partial charge in [-0.2, -0.15) is 0 Å². The number of Topliss-reactive ketones (excluding diaryl/α,β-unsaturated/α-hetero) is 1. The monoisotopic (exact) mass is 226 g/mol. The number of nitrogens with one attached hydrogen (secondary N) is 1. The van der Waals surface area contributed by atoms with Crippen molar-refractivity contribution in [3.8, 4) is 0 Å². The molecule has 4 atom stereocenters. The topological polar surface area (TPSA) is 89.3 Å². The van der Waals surface area contributed by atoms with Crippen LogP contribution in [-0.4, -0.2) is 23.6 Å². The predicted molar refractivity (Wildman–Crippen MR) is 58.2 cm³/mol. The number of hydrogen-bond acceptors (Lipinski definition) is 4. The smallest absolute Gasteiger partial charge is 0.238 e. The molecule has 1 heterocycles. The van der Waals surface area contributed by atoms with Gasteiger partial charge in [0.2, 0.25) is 11.8 Å². The van der Waals surface area contributed by atoms with Crippen LogP contribution in [0, 0.1) is 17.8 Å². The molecule has 0 aromatic heterocycles. The zero-order valence-corrected chi connectivity index (χ0v) is 9.82. The Balaban J connectivity index is 2.81. The molecule has 1 rings (SSSR count). The van der Waals surface area contributed by atoms with Crippen molar-refractivity contribution in [3.63, 3.8) is 0 Å². The SMILES string of the molecule is CC[C@H](C)[C@H](N)C(=O)[C@@H]1C(=O)NC(=O)[C@H]1C. The summed E-state index contributed by atoms with van der Waals surface area (Å²) in [5.41, 5.74) is 5.78. The third-order valence-corrected chi connectivity index (χ3v) is 3.33. The molecular formula is C11H18N2O3. The standard InChI is InChI=1S/C11H18N2O3/c1-4-5(2)8(12)9(14)7-6(3)10(15)13-11(7)16/h5-8H,4,12H2,1-3H3,(H,13,15,16)/t5-,6-,7+,8-/m0/s1. The maximum absolute atomic E-state index is 12.0. The van der Waals surface area contributed by atoms with Gasteiger partial charge in [0.05, 0.1) is 12.0 Å². The molecule has 0 aromatic carbocycles. The normalized spacial score (nSPS) is 28.8. The van der Waals surface area contributed by atoms with Crippen molar-refractivity contribution in [2.45, 2.75) is 33.2 Å². The summed E-state index contributed by atoms with van der Waals surface area (Å²) >= 11 is 0. The Labute approximate surface area is 94.8 Å². The number of imide groups is 1. The number of hydrogen-bond donors (Lipinski definition) is 2. The molecule has 90 valence electrons. The van der Waals surface area contributed by atoms with Crippen molar-refractivity contribution in [1.82, 2.24) is 5.32 Å². The van der Waals surface area contributed by atoms with E-state index >= 15 is 0 Å². The fraction of sp³-hybridized carbons (Fsp3) is 0.727. The van der Waals surface area contributed by atoms with E-state index in [9.17, 15) is 14.4 Å². The molecule has 0 unspecified atom stereocenters. The molecule has 1 aliphatic rings. The summed E-state index contributed by atoms with van der Waals surface area (Å²) in [7, 11) is 0. The molecule has 1 fully saturated rings. The highest BCUT2D eigenvalue weighted by atomic mass is 16.2. The number of nitrogens with two attached hydrogens (primary N) is 1. The van der Waals surface area contributed by atoms with Gasteiger partial charge in [-0.05, 0) is 5.92 Å². The molecule has 0 radical (unpaired) electrons. The van der Waals surface area contributed by atoms with Gasteiger partial charge in [0.25, 0.3) is 0 Å². The highest BCUT2D eigenvalue weighted by Gasteiger charge is 2.45. The van der Waals surface area contributed by atoms with Crippen molar-refractivity contribution >= 4 is 17.6 Å². The predicted octanol–water partition coefficient (Wildman–Crippen LogP) is -0.162. The van der Waals surface area contributed by atoms with Crippen LogP contribution in [0.3, 0.4) is 0 Å². The van der Waals surface area contributed by atoms with Gasteiger partial charge in [-0.1, -0.05) is 27.2 Å². The van der Waals surface area contributed by atoms with Crippen LogP contribution in [0.1, 0.15) is 27.2 Å². The van der Waals surface area contributed by atoms with E-state index < -0.39 is 23.8 Å². The van der Waals surface area contributed by atoms with E-state index in [4.69, 9.17) is 5.73 Å². The van der Waals surface area contributed by atoms with Crippen LogP contribution in [0.5, 0.6) is 0 Å². The molecule has 0 aliphatic carbocycles. The van der Waals surface area contributed by atoms with E-state index in [1.807, 2.05) is 13.8 Å². The van der Waals surface area contributed by atoms with Gasteiger partial charge in [-0.3, -0.25) is 19.7 Å². The highest BCUT2D eigenvalue weighted by Crippen LogP contribution is 2.22. The zero-order chi connectivity index (χ0) is 12.5. The maximum Gasteiger partial charge on any atom is 0.238 e. The number of carbonyl (C=O) groups excluding carboxylic acids is 3. The number of amides is 2. The van der Waals surface area contributed by atoms with E-state index in [-0.39, 0.29) is 17.6 Å². The largest absolute Gasteiger partial charge is 0.321 e. The number of carbonyl (C=O) groups is 3. The van der Waals surface area contributed by atoms with Gasteiger partial charge in [0, 0.05) is 0 Å². The first kappa shape index (κ1) is 12.8. The minimum atomic E-state index is -0.906. The zero-order valence-electron chi connectivity index (χ0n) is 9.82. The number of rotatable bonds is 4. The average Bonchev–Trinajstić information content (AvgIpc) is 2.50. The lowest BCUT2D eigenvalue weighted by Gasteiger charge is -2.20. The van der Waals surface area contributed by atoms with Crippen LogP contribution >= 0.6 is 0 Å². The third kappa shape index (κ3) is 2.14. The van der Waals surface area contributed by atoms with Crippen LogP contribution in [-0.2, 0) is 14.4 Å². The molecule has 0 bridgehead atoms. The van der Waals surface area contributed by atoms with Crippen LogP contribution in [0.25, 0.3) is 0 Å². The minimum Gasteiger partial charge on any atom is -0.321 e. The molecule has 0 saturated carbocycles. The van der Waals surface area contributed by atoms with Crippen molar-refractivity contribution in [1.29, 1.82) is 0 Å². The average molecular weight is 226 g/mol. The van der Waals surface area contributed by atoms with Gasteiger partial charge in [-0.15, -0.1) is 0 Å². The van der Waals surface area contributed by atoms with Crippen LogP contribution in [0.15, 0.2) is 0 Å². The maximum atomic E-state index is 12.0. The van der Waals surface area contributed by atoms with Gasteiger partial charge in [0.1, 0.15) is 5.92 Å². The quantitative estimate of drug-likeness (QED) is 0.515. The summed E-state index contributed by atoms with van der Waals surface area (Å²) in [5, 5.41) is 2.16. The first-order chi connectivity index (χ1) is 7.40. The summed E-state index contributed by atoms with van der Waals surface area (Å²) in [4.78, 5) is 34.7. The summed E-state index contributed by atoms with van der Waals surface area (Å²) in [6.07, 6.45) is 0.767. The van der Waals surface area contributed by atoms with Gasteiger partial charge < -0.3 is 5.73 Å². The molecule has 2 amide bonds. The molecule has 3 N–H and O–H groups in total. The van der Waals surface area contributed by atoms with E-state index in [1.165, 1.54) is 0 Å². The Morgan fingerprint density at radius 3 is 2.38 bits per heavy atom. The lowest BCUT2D eigenvalue weighted by Crippen LogP contribution is -2.44. The summed E-state index contributed by atoms with van der Waals surface area (Å²) in [5.74, 6) is -2.72. The second-order valence-electron chi connectivity index (χ2n) is 4.43. The fourth-order valence-electron chi connectivity index (χ4n) is 1.81. The molecule has 1 aliphatic heterocycles. The molecule has 0 spiro atoms. The lowest BCUT2D eigenvalue weighted by molar-refractivity contribution is -0.134. The molecule has 0 aromatic rings. The van der Waals surface area contributed by atoms with Gasteiger partial charge >= 0.3 is 0 Å². The van der Waals surface area contributed by atoms with Gasteiger partial charge in [0.15, 0.2) is 5.78 Å². The Morgan fingerprint density at radius 2 is 2.00 bits per heavy atom. The van der Waals surface area contributed by atoms with E-state index in [1.54, 1.807) is 6.92 Å². The van der Waals surface area contributed by atoms with Crippen molar-refractivity contribution < 1.29 is 14.4 Å². The van der Waals surface area contributed by atoms with E-state index in [0.29, 0.717) is 0 Å². The van der Waals surface area contributed by atoms with Crippen molar-refractivity contribution in [2.24, 2.45) is 23.5 Å².